The Morgan fingerprint density at radius 3 is 2.81 bits per heavy atom. The summed E-state index contributed by atoms with van der Waals surface area (Å²) in [4.78, 5) is 12.0. The van der Waals surface area contributed by atoms with Crippen LogP contribution in [0.2, 0.25) is 0 Å². The molecule has 1 N–H and O–H groups in total. The lowest BCUT2D eigenvalue weighted by Gasteiger charge is -2.11. The first-order valence-electron chi connectivity index (χ1n) is 6.05. The standard InChI is InChI=1S/C12H19N3O/c1-3-15-9(2)11(8-13-15)12(16)14-10-6-4-5-7-10/h8,10H,3-7H2,1-2H3,(H,14,16). The molecule has 0 unspecified atom stereocenters. The molecule has 1 aromatic rings. The zero-order valence-electron chi connectivity index (χ0n) is 9.99. The number of amides is 1. The van der Waals surface area contributed by atoms with Crippen molar-refractivity contribution in [2.75, 3.05) is 0 Å². The van der Waals surface area contributed by atoms with Gasteiger partial charge in [0.15, 0.2) is 0 Å². The second-order valence-corrected chi connectivity index (χ2v) is 4.41. The molecule has 2 rings (SSSR count). The number of carbonyl (C=O) groups excluding carboxylic acids is 1. The summed E-state index contributed by atoms with van der Waals surface area (Å²) in [5.74, 6) is 0.0316. The van der Waals surface area contributed by atoms with Gasteiger partial charge in [0, 0.05) is 18.3 Å². The van der Waals surface area contributed by atoms with E-state index in [0.29, 0.717) is 11.6 Å². The van der Waals surface area contributed by atoms with Gasteiger partial charge in [0.2, 0.25) is 0 Å². The Bertz CT molecular complexity index is 378. The van der Waals surface area contributed by atoms with E-state index in [4.69, 9.17) is 0 Å². The van der Waals surface area contributed by atoms with Crippen molar-refractivity contribution in [2.24, 2.45) is 0 Å². The van der Waals surface area contributed by atoms with Crippen LogP contribution in [0.25, 0.3) is 0 Å². The van der Waals surface area contributed by atoms with Gasteiger partial charge in [0.1, 0.15) is 0 Å². The van der Waals surface area contributed by atoms with E-state index in [1.54, 1.807) is 6.20 Å². The zero-order chi connectivity index (χ0) is 11.5. The van der Waals surface area contributed by atoms with Gasteiger partial charge >= 0.3 is 0 Å². The number of aromatic nitrogens is 2. The Morgan fingerprint density at radius 2 is 2.25 bits per heavy atom. The largest absolute Gasteiger partial charge is 0.349 e. The van der Waals surface area contributed by atoms with Crippen molar-refractivity contribution in [3.63, 3.8) is 0 Å². The lowest BCUT2D eigenvalue weighted by atomic mass is 10.2. The molecule has 1 aliphatic rings. The number of hydrogen-bond acceptors (Lipinski definition) is 2. The van der Waals surface area contributed by atoms with Gasteiger partial charge in [-0.1, -0.05) is 12.8 Å². The van der Waals surface area contributed by atoms with Gasteiger partial charge in [0.05, 0.1) is 11.8 Å². The molecule has 16 heavy (non-hydrogen) atoms. The average Bonchev–Trinajstić information content (AvgIpc) is 2.87. The molecule has 0 bridgehead atoms. The Kier molecular flexibility index (Phi) is 3.27. The van der Waals surface area contributed by atoms with E-state index >= 15 is 0 Å². The normalized spacial score (nSPS) is 16.6. The van der Waals surface area contributed by atoms with Crippen LogP contribution in [0.3, 0.4) is 0 Å². The van der Waals surface area contributed by atoms with Crippen molar-refractivity contribution >= 4 is 5.91 Å². The maximum Gasteiger partial charge on any atom is 0.254 e. The Hall–Kier alpha value is -1.32. The monoisotopic (exact) mass is 221 g/mol. The maximum atomic E-state index is 12.0. The highest BCUT2D eigenvalue weighted by atomic mass is 16.1. The van der Waals surface area contributed by atoms with Crippen molar-refractivity contribution in [2.45, 2.75) is 52.1 Å². The van der Waals surface area contributed by atoms with Crippen LogP contribution in [0.5, 0.6) is 0 Å². The van der Waals surface area contributed by atoms with Crippen LogP contribution in [0, 0.1) is 6.92 Å². The van der Waals surface area contributed by atoms with E-state index in [-0.39, 0.29) is 5.91 Å². The smallest absolute Gasteiger partial charge is 0.254 e. The summed E-state index contributed by atoms with van der Waals surface area (Å²) in [5, 5.41) is 7.27. The molecule has 88 valence electrons. The van der Waals surface area contributed by atoms with Gasteiger partial charge in [-0.25, -0.2) is 0 Å². The highest BCUT2D eigenvalue weighted by Gasteiger charge is 2.20. The molecule has 1 aromatic heterocycles. The van der Waals surface area contributed by atoms with Crippen molar-refractivity contribution in [3.05, 3.63) is 17.5 Å². The van der Waals surface area contributed by atoms with Crippen LogP contribution in [0.4, 0.5) is 0 Å². The molecule has 1 aliphatic carbocycles. The molecule has 0 aliphatic heterocycles. The number of carbonyl (C=O) groups is 1. The third-order valence-corrected chi connectivity index (χ3v) is 3.34. The first kappa shape index (κ1) is 11.2. The van der Waals surface area contributed by atoms with Crippen LogP contribution in [0.1, 0.15) is 48.7 Å². The van der Waals surface area contributed by atoms with Gasteiger partial charge in [-0.05, 0) is 26.7 Å². The second-order valence-electron chi connectivity index (χ2n) is 4.41. The van der Waals surface area contributed by atoms with E-state index in [0.717, 1.165) is 25.1 Å². The number of hydrogen-bond donors (Lipinski definition) is 1. The third kappa shape index (κ3) is 2.10. The van der Waals surface area contributed by atoms with Crippen molar-refractivity contribution in [1.82, 2.24) is 15.1 Å². The molecular weight excluding hydrogens is 202 g/mol. The maximum absolute atomic E-state index is 12.0. The predicted molar refractivity (Wildman–Crippen MR) is 62.4 cm³/mol. The van der Waals surface area contributed by atoms with Crippen molar-refractivity contribution in [1.29, 1.82) is 0 Å². The number of rotatable bonds is 3. The first-order valence-corrected chi connectivity index (χ1v) is 6.05. The lowest BCUT2D eigenvalue weighted by Crippen LogP contribution is -2.32. The van der Waals surface area contributed by atoms with Crippen LogP contribution >= 0.6 is 0 Å². The van der Waals surface area contributed by atoms with Crippen molar-refractivity contribution < 1.29 is 4.79 Å². The van der Waals surface area contributed by atoms with E-state index in [9.17, 15) is 4.79 Å². The van der Waals surface area contributed by atoms with Crippen LogP contribution in [0.15, 0.2) is 6.20 Å². The van der Waals surface area contributed by atoms with Crippen molar-refractivity contribution in [3.8, 4) is 0 Å². The lowest BCUT2D eigenvalue weighted by molar-refractivity contribution is 0.0937. The van der Waals surface area contributed by atoms with E-state index in [2.05, 4.69) is 10.4 Å². The van der Waals surface area contributed by atoms with Crippen LogP contribution in [-0.4, -0.2) is 21.7 Å². The molecule has 0 saturated heterocycles. The molecule has 0 radical (unpaired) electrons. The number of nitrogens with one attached hydrogen (secondary N) is 1. The summed E-state index contributed by atoms with van der Waals surface area (Å²) in [6.07, 6.45) is 6.37. The topological polar surface area (TPSA) is 46.9 Å². The van der Waals surface area contributed by atoms with E-state index in [1.807, 2.05) is 18.5 Å². The molecule has 1 amide bonds. The molecule has 0 spiro atoms. The summed E-state index contributed by atoms with van der Waals surface area (Å²) < 4.78 is 1.85. The molecule has 4 heteroatoms. The zero-order valence-corrected chi connectivity index (χ0v) is 9.99. The Balaban J connectivity index is 2.05. The third-order valence-electron chi connectivity index (χ3n) is 3.34. The minimum atomic E-state index is 0.0316. The minimum absolute atomic E-state index is 0.0316. The number of nitrogens with zero attached hydrogens (tertiary/aromatic N) is 2. The SMILES string of the molecule is CCn1ncc(C(=O)NC2CCCC2)c1C. The quantitative estimate of drug-likeness (QED) is 0.847. The molecule has 4 nitrogen and oxygen atoms in total. The number of aryl methyl sites for hydroxylation is 1. The Morgan fingerprint density at radius 1 is 1.56 bits per heavy atom. The highest BCUT2D eigenvalue weighted by molar-refractivity contribution is 5.95. The van der Waals surface area contributed by atoms with Crippen LogP contribution < -0.4 is 5.32 Å². The summed E-state index contributed by atoms with van der Waals surface area (Å²) >= 11 is 0. The molecule has 1 fully saturated rings. The van der Waals surface area contributed by atoms with Crippen LogP contribution in [-0.2, 0) is 6.54 Å². The summed E-state index contributed by atoms with van der Waals surface area (Å²) in [6.45, 7) is 4.78. The summed E-state index contributed by atoms with van der Waals surface area (Å²) in [6, 6.07) is 0.372. The Labute approximate surface area is 96.0 Å². The molecule has 0 atom stereocenters. The van der Waals surface area contributed by atoms with E-state index in [1.165, 1.54) is 12.8 Å². The average molecular weight is 221 g/mol. The summed E-state index contributed by atoms with van der Waals surface area (Å²) in [5.41, 5.74) is 1.67. The fourth-order valence-electron chi connectivity index (χ4n) is 2.32. The minimum Gasteiger partial charge on any atom is -0.349 e. The van der Waals surface area contributed by atoms with Gasteiger partial charge in [-0.3, -0.25) is 9.48 Å². The fraction of sp³-hybridized carbons (Fsp3) is 0.667. The molecule has 1 heterocycles. The predicted octanol–water partition coefficient (Wildman–Crippen LogP) is 1.88. The first-order chi connectivity index (χ1) is 7.72. The fourth-order valence-corrected chi connectivity index (χ4v) is 2.32. The molecule has 0 aromatic carbocycles. The summed E-state index contributed by atoms with van der Waals surface area (Å²) in [7, 11) is 0. The van der Waals surface area contributed by atoms with E-state index < -0.39 is 0 Å². The van der Waals surface area contributed by atoms with Gasteiger partial charge in [-0.15, -0.1) is 0 Å². The second kappa shape index (κ2) is 4.68. The molecular formula is C12H19N3O. The molecule has 1 saturated carbocycles. The van der Waals surface area contributed by atoms with Gasteiger partial charge < -0.3 is 5.32 Å². The van der Waals surface area contributed by atoms with Gasteiger partial charge in [0.25, 0.3) is 5.91 Å². The van der Waals surface area contributed by atoms with Gasteiger partial charge in [-0.2, -0.15) is 5.10 Å². The highest BCUT2D eigenvalue weighted by Crippen LogP contribution is 2.18.